The number of nitrogens with zero attached hydrogens (tertiary/aromatic N) is 1. The molecule has 13 heavy (non-hydrogen) atoms. The van der Waals surface area contributed by atoms with E-state index < -0.39 is 24.1 Å². The molecule has 2 heterocycles. The van der Waals surface area contributed by atoms with Gasteiger partial charge in [-0.05, 0) is 0 Å². The maximum atomic E-state index is 9.65. The van der Waals surface area contributed by atoms with E-state index in [2.05, 4.69) is 0 Å². The van der Waals surface area contributed by atoms with Gasteiger partial charge in [0, 0.05) is 7.05 Å². The molecule has 2 aliphatic rings. The van der Waals surface area contributed by atoms with Crippen molar-refractivity contribution in [2.24, 2.45) is 0 Å². The molecule has 2 unspecified atom stereocenters. The second kappa shape index (κ2) is 2.88. The zero-order chi connectivity index (χ0) is 9.64. The van der Waals surface area contributed by atoms with Gasteiger partial charge in [0.1, 0.15) is 11.7 Å². The molecule has 6 nitrogen and oxygen atoms in total. The molecule has 2 aliphatic heterocycles. The van der Waals surface area contributed by atoms with Gasteiger partial charge in [0.2, 0.25) is 0 Å². The number of hydrogen-bond donors (Lipinski definition) is 3. The van der Waals surface area contributed by atoms with Gasteiger partial charge >= 0.3 is 0 Å². The van der Waals surface area contributed by atoms with Crippen molar-refractivity contribution in [3.05, 3.63) is 0 Å². The van der Waals surface area contributed by atoms with Gasteiger partial charge in [-0.15, -0.1) is 0 Å². The van der Waals surface area contributed by atoms with Crippen LogP contribution in [0, 0.1) is 0 Å². The van der Waals surface area contributed by atoms with Crippen LogP contribution < -0.4 is 0 Å². The molecule has 0 aromatic heterocycles. The van der Waals surface area contributed by atoms with Crippen LogP contribution in [0.3, 0.4) is 0 Å². The summed E-state index contributed by atoms with van der Waals surface area (Å²) in [5, 5.41) is 29.5. The number of hydrogen-bond acceptors (Lipinski definition) is 6. The fourth-order valence-corrected chi connectivity index (χ4v) is 1.88. The van der Waals surface area contributed by atoms with Crippen LogP contribution in [0.1, 0.15) is 0 Å². The van der Waals surface area contributed by atoms with E-state index in [4.69, 9.17) is 14.7 Å². The van der Waals surface area contributed by atoms with Crippen LogP contribution in [0.4, 0.5) is 0 Å². The van der Waals surface area contributed by atoms with E-state index >= 15 is 0 Å². The van der Waals surface area contributed by atoms with Crippen LogP contribution >= 0.6 is 0 Å². The number of likely N-dealkylation sites (N-methyl/N-ethyl adjacent to an activating group) is 1. The Bertz CT molecular complexity index is 209. The monoisotopic (exact) mass is 191 g/mol. The van der Waals surface area contributed by atoms with Crippen molar-refractivity contribution in [1.29, 1.82) is 0 Å². The number of ether oxygens (including phenoxy) is 1. The van der Waals surface area contributed by atoms with Crippen molar-refractivity contribution in [2.75, 3.05) is 20.2 Å². The molecule has 0 saturated carbocycles. The average Bonchev–Trinajstić information content (AvgIpc) is 2.26. The lowest BCUT2D eigenvalue weighted by Crippen LogP contribution is -2.58. The molecule has 0 spiro atoms. The fraction of sp³-hybridized carbons (Fsp3) is 1.00. The first kappa shape index (κ1) is 9.32. The standard InChI is InChI=1S/C7H13NO5/c1-8-2-7(3-9)5(10)4(13-8)6(11)12-7/h4-6,9-11H,2-3H2,1H3/t4?,5?,6-,7-/m1/s1. The van der Waals surface area contributed by atoms with Gasteiger partial charge in [-0.25, -0.2) is 0 Å². The molecule has 2 saturated heterocycles. The second-order valence-corrected chi connectivity index (χ2v) is 3.53. The molecule has 0 aromatic carbocycles. The van der Waals surface area contributed by atoms with Crippen molar-refractivity contribution in [1.82, 2.24) is 5.06 Å². The summed E-state index contributed by atoms with van der Waals surface area (Å²) in [6.45, 7) is -0.104. The lowest BCUT2D eigenvalue weighted by Gasteiger charge is -2.38. The quantitative estimate of drug-likeness (QED) is 0.431. The molecule has 0 aliphatic carbocycles. The van der Waals surface area contributed by atoms with Crippen molar-refractivity contribution in [3.8, 4) is 0 Å². The van der Waals surface area contributed by atoms with Gasteiger partial charge < -0.3 is 20.1 Å². The normalized spacial score (nSPS) is 51.2. The number of hydroxylamine groups is 2. The highest BCUT2D eigenvalue weighted by Crippen LogP contribution is 2.36. The van der Waals surface area contributed by atoms with Gasteiger partial charge in [0.15, 0.2) is 12.4 Å². The Hall–Kier alpha value is -0.240. The highest BCUT2D eigenvalue weighted by Gasteiger charge is 2.59. The first-order valence-electron chi connectivity index (χ1n) is 4.12. The third kappa shape index (κ3) is 1.18. The van der Waals surface area contributed by atoms with Crippen LogP contribution in [-0.4, -0.2) is 64.7 Å². The largest absolute Gasteiger partial charge is 0.393 e. The van der Waals surface area contributed by atoms with E-state index in [1.54, 1.807) is 7.05 Å². The molecule has 76 valence electrons. The molecule has 0 aromatic rings. The molecule has 2 fully saturated rings. The lowest BCUT2D eigenvalue weighted by molar-refractivity contribution is -0.259. The molecular weight excluding hydrogens is 178 g/mol. The van der Waals surface area contributed by atoms with Crippen LogP contribution in [0.15, 0.2) is 0 Å². The van der Waals surface area contributed by atoms with Crippen molar-refractivity contribution in [2.45, 2.75) is 24.1 Å². The van der Waals surface area contributed by atoms with Crippen molar-refractivity contribution < 1.29 is 24.9 Å². The predicted molar refractivity (Wildman–Crippen MR) is 40.4 cm³/mol. The Morgan fingerprint density at radius 3 is 2.85 bits per heavy atom. The summed E-state index contributed by atoms with van der Waals surface area (Å²) in [7, 11) is 1.66. The maximum Gasteiger partial charge on any atom is 0.186 e. The van der Waals surface area contributed by atoms with Gasteiger partial charge in [-0.2, -0.15) is 5.06 Å². The minimum Gasteiger partial charge on any atom is -0.393 e. The Morgan fingerprint density at radius 1 is 1.54 bits per heavy atom. The Balaban J connectivity index is 2.26. The molecule has 4 atom stereocenters. The Morgan fingerprint density at radius 2 is 2.23 bits per heavy atom. The van der Waals surface area contributed by atoms with Crippen LogP contribution in [0.5, 0.6) is 0 Å². The number of aliphatic hydroxyl groups excluding tert-OH is 3. The summed E-state index contributed by atoms with van der Waals surface area (Å²) in [5.41, 5.74) is -1.10. The molecule has 0 amide bonds. The third-order valence-electron chi connectivity index (χ3n) is 2.55. The lowest BCUT2D eigenvalue weighted by atomic mass is 9.95. The summed E-state index contributed by atoms with van der Waals surface area (Å²) in [4.78, 5) is 5.13. The molecule has 2 bridgehead atoms. The first-order chi connectivity index (χ1) is 6.09. The Kier molecular flexibility index (Phi) is 2.06. The van der Waals surface area contributed by atoms with Gasteiger partial charge in [-0.1, -0.05) is 0 Å². The molecular formula is C7H13NO5. The molecule has 3 N–H and O–H groups in total. The van der Waals surface area contributed by atoms with E-state index in [0.717, 1.165) is 0 Å². The summed E-state index contributed by atoms with van der Waals surface area (Å²) < 4.78 is 5.09. The zero-order valence-electron chi connectivity index (χ0n) is 7.25. The van der Waals surface area contributed by atoms with E-state index in [0.29, 0.717) is 0 Å². The van der Waals surface area contributed by atoms with Gasteiger partial charge in [-0.3, -0.25) is 4.84 Å². The second-order valence-electron chi connectivity index (χ2n) is 3.53. The molecule has 0 radical (unpaired) electrons. The van der Waals surface area contributed by atoms with Gasteiger partial charge in [0.25, 0.3) is 0 Å². The first-order valence-corrected chi connectivity index (χ1v) is 4.12. The third-order valence-corrected chi connectivity index (χ3v) is 2.55. The Labute approximate surface area is 75.2 Å². The van der Waals surface area contributed by atoms with Crippen LogP contribution in [-0.2, 0) is 9.57 Å². The number of fused-ring (bicyclic) bond motifs is 2. The van der Waals surface area contributed by atoms with E-state index in [1.165, 1.54) is 5.06 Å². The molecule has 6 heteroatoms. The van der Waals surface area contributed by atoms with Crippen molar-refractivity contribution >= 4 is 0 Å². The minimum atomic E-state index is -1.17. The van der Waals surface area contributed by atoms with E-state index in [-0.39, 0.29) is 13.2 Å². The summed E-state index contributed by atoms with van der Waals surface area (Å²) >= 11 is 0. The van der Waals surface area contributed by atoms with E-state index in [9.17, 15) is 10.2 Å². The fourth-order valence-electron chi connectivity index (χ4n) is 1.88. The van der Waals surface area contributed by atoms with Crippen molar-refractivity contribution in [3.63, 3.8) is 0 Å². The minimum absolute atomic E-state index is 0.234. The predicted octanol–water partition coefficient (Wildman–Crippen LogP) is -2.33. The summed E-state index contributed by atoms with van der Waals surface area (Å²) in [5.74, 6) is 0. The highest BCUT2D eigenvalue weighted by atomic mass is 16.8. The maximum absolute atomic E-state index is 9.65. The SMILES string of the molecule is CN1C[C@]2(CO)O[C@@H](O)C(O1)C2O. The van der Waals surface area contributed by atoms with Crippen LogP contribution in [0.25, 0.3) is 0 Å². The smallest absolute Gasteiger partial charge is 0.186 e. The van der Waals surface area contributed by atoms with E-state index in [1.807, 2.05) is 0 Å². The average molecular weight is 191 g/mol. The highest BCUT2D eigenvalue weighted by molar-refractivity contribution is 5.03. The zero-order valence-corrected chi connectivity index (χ0v) is 7.25. The summed E-state index contributed by atoms with van der Waals surface area (Å²) in [6.07, 6.45) is -2.96. The van der Waals surface area contributed by atoms with Gasteiger partial charge in [0.05, 0.1) is 13.2 Å². The summed E-state index contributed by atoms with van der Waals surface area (Å²) in [6, 6.07) is 0. The number of rotatable bonds is 1. The number of aliphatic hydroxyl groups is 3. The van der Waals surface area contributed by atoms with Crippen LogP contribution in [0.2, 0.25) is 0 Å². The topological polar surface area (TPSA) is 82.4 Å². The molecule has 2 rings (SSSR count).